The minimum atomic E-state index is 0.568. The summed E-state index contributed by atoms with van der Waals surface area (Å²) in [5.74, 6) is 1.35. The highest BCUT2D eigenvalue weighted by Crippen LogP contribution is 2.16. The molecular weight excluding hydrogens is 242 g/mol. The Morgan fingerprint density at radius 3 is 2.11 bits per heavy atom. The summed E-state index contributed by atoms with van der Waals surface area (Å²) in [6.07, 6.45) is 1.06. The van der Waals surface area contributed by atoms with Gasteiger partial charge in [-0.3, -0.25) is 4.90 Å². The summed E-state index contributed by atoms with van der Waals surface area (Å²) in [5, 5.41) is 0. The summed E-state index contributed by atoms with van der Waals surface area (Å²) in [6.45, 7) is 11.1. The molecule has 0 amide bonds. The molecule has 0 bridgehead atoms. The third-order valence-corrected chi connectivity index (χ3v) is 3.61. The lowest BCUT2D eigenvalue weighted by Crippen LogP contribution is -2.31. The summed E-state index contributed by atoms with van der Waals surface area (Å²) in [5.41, 5.74) is 2.80. The van der Waals surface area contributed by atoms with E-state index < -0.39 is 0 Å². The number of hydrogen-bond donors (Lipinski definition) is 0. The second-order valence-corrected chi connectivity index (χ2v) is 5.88. The van der Waals surface area contributed by atoms with Crippen molar-refractivity contribution in [1.29, 1.82) is 0 Å². The third-order valence-electron chi connectivity index (χ3n) is 3.34. The van der Waals surface area contributed by atoms with Crippen LogP contribution in [0.5, 0.6) is 0 Å². The van der Waals surface area contributed by atoms with Gasteiger partial charge in [0, 0.05) is 18.5 Å². The molecule has 1 aromatic carbocycles. The molecule has 0 radical (unpaired) electrons. The molecule has 0 heterocycles. The van der Waals surface area contributed by atoms with Crippen LogP contribution in [0.2, 0.25) is 0 Å². The Morgan fingerprint density at radius 1 is 1.06 bits per heavy atom. The van der Waals surface area contributed by atoms with Crippen LogP contribution in [0.15, 0.2) is 24.3 Å². The minimum Gasteiger partial charge on any atom is -0.297 e. The molecule has 18 heavy (non-hydrogen) atoms. The number of nitrogens with zero attached hydrogens (tertiary/aromatic N) is 1. The molecule has 0 aliphatic rings. The van der Waals surface area contributed by atoms with E-state index in [1.54, 1.807) is 0 Å². The molecule has 2 heteroatoms. The Bertz CT molecular complexity index is 329. The van der Waals surface area contributed by atoms with Gasteiger partial charge in [0.15, 0.2) is 0 Å². The first-order valence-electron chi connectivity index (χ1n) is 6.93. The van der Waals surface area contributed by atoms with Crippen LogP contribution >= 0.6 is 11.6 Å². The molecule has 0 saturated carbocycles. The highest BCUT2D eigenvalue weighted by atomic mass is 35.5. The van der Waals surface area contributed by atoms with Crippen LogP contribution in [-0.4, -0.2) is 23.4 Å². The van der Waals surface area contributed by atoms with Crippen LogP contribution in [0, 0.1) is 0 Å². The van der Waals surface area contributed by atoms with Crippen molar-refractivity contribution in [3.8, 4) is 0 Å². The Kier molecular flexibility index (Phi) is 6.73. The molecule has 1 nitrogen and oxygen atoms in total. The standard InChI is InChI=1S/C16H26ClN/c1-13(2)16-8-6-15(7-9-16)12-18(14(3)4)11-5-10-17/h6-9,13-14H,5,10-12H2,1-4H3. The van der Waals surface area contributed by atoms with Crippen molar-refractivity contribution in [2.24, 2.45) is 0 Å². The second kappa shape index (κ2) is 7.81. The van der Waals surface area contributed by atoms with Crippen molar-refractivity contribution in [2.45, 2.75) is 52.6 Å². The van der Waals surface area contributed by atoms with Crippen LogP contribution in [0.4, 0.5) is 0 Å². The molecule has 0 aromatic heterocycles. The Morgan fingerprint density at radius 2 is 1.67 bits per heavy atom. The first-order chi connectivity index (χ1) is 8.54. The number of alkyl halides is 1. The predicted molar refractivity (Wildman–Crippen MR) is 81.4 cm³/mol. The van der Waals surface area contributed by atoms with Crippen molar-refractivity contribution < 1.29 is 0 Å². The Labute approximate surface area is 117 Å². The summed E-state index contributed by atoms with van der Waals surface area (Å²) in [4.78, 5) is 2.48. The van der Waals surface area contributed by atoms with E-state index in [0.29, 0.717) is 12.0 Å². The molecule has 1 rings (SSSR count). The average molecular weight is 268 g/mol. The van der Waals surface area contributed by atoms with E-state index in [2.05, 4.69) is 56.9 Å². The average Bonchev–Trinajstić information content (AvgIpc) is 2.34. The SMILES string of the molecule is CC(C)c1ccc(CN(CCCCl)C(C)C)cc1. The third kappa shape index (κ3) is 4.99. The lowest BCUT2D eigenvalue weighted by Gasteiger charge is -2.26. The normalized spacial score (nSPS) is 11.8. The quantitative estimate of drug-likeness (QED) is 0.650. The van der Waals surface area contributed by atoms with Crippen molar-refractivity contribution in [3.05, 3.63) is 35.4 Å². The topological polar surface area (TPSA) is 3.24 Å². The van der Waals surface area contributed by atoms with Crippen LogP contribution in [0.1, 0.15) is 51.2 Å². The first kappa shape index (κ1) is 15.5. The maximum absolute atomic E-state index is 5.78. The molecule has 0 aliphatic heterocycles. The molecule has 0 saturated heterocycles. The minimum absolute atomic E-state index is 0.568. The maximum Gasteiger partial charge on any atom is 0.0236 e. The van der Waals surface area contributed by atoms with E-state index >= 15 is 0 Å². The number of halogens is 1. The molecule has 0 unspecified atom stereocenters. The molecule has 1 aromatic rings. The predicted octanol–water partition coefficient (Wildman–Crippen LogP) is 4.65. The van der Waals surface area contributed by atoms with Gasteiger partial charge in [0.1, 0.15) is 0 Å². The zero-order valence-corrected chi connectivity index (χ0v) is 12.9. The summed E-state index contributed by atoms with van der Waals surface area (Å²) in [7, 11) is 0. The van der Waals surface area contributed by atoms with Gasteiger partial charge in [-0.25, -0.2) is 0 Å². The zero-order chi connectivity index (χ0) is 13.5. The molecule has 0 fully saturated rings. The van der Waals surface area contributed by atoms with Crippen molar-refractivity contribution >= 4 is 11.6 Å². The van der Waals surface area contributed by atoms with E-state index in [-0.39, 0.29) is 0 Å². The van der Waals surface area contributed by atoms with Gasteiger partial charge in [-0.15, -0.1) is 11.6 Å². The van der Waals surface area contributed by atoms with Crippen LogP contribution in [0.25, 0.3) is 0 Å². The molecule has 0 aliphatic carbocycles. The lowest BCUT2D eigenvalue weighted by atomic mass is 10.0. The van der Waals surface area contributed by atoms with Crippen molar-refractivity contribution in [3.63, 3.8) is 0 Å². The fourth-order valence-corrected chi connectivity index (χ4v) is 2.14. The molecule has 0 spiro atoms. The fourth-order valence-electron chi connectivity index (χ4n) is 2.03. The Hall–Kier alpha value is -0.530. The summed E-state index contributed by atoms with van der Waals surface area (Å²) < 4.78 is 0. The van der Waals surface area contributed by atoms with Crippen LogP contribution < -0.4 is 0 Å². The van der Waals surface area contributed by atoms with Gasteiger partial charge in [0.25, 0.3) is 0 Å². The smallest absolute Gasteiger partial charge is 0.0236 e. The van der Waals surface area contributed by atoms with Gasteiger partial charge in [-0.05, 0) is 43.9 Å². The van der Waals surface area contributed by atoms with E-state index in [1.165, 1.54) is 11.1 Å². The van der Waals surface area contributed by atoms with Gasteiger partial charge in [-0.2, -0.15) is 0 Å². The highest BCUT2D eigenvalue weighted by Gasteiger charge is 2.09. The van der Waals surface area contributed by atoms with Crippen LogP contribution in [-0.2, 0) is 6.54 Å². The van der Waals surface area contributed by atoms with E-state index in [9.17, 15) is 0 Å². The first-order valence-corrected chi connectivity index (χ1v) is 7.47. The van der Waals surface area contributed by atoms with E-state index in [1.807, 2.05) is 0 Å². The molecular formula is C16H26ClN. The van der Waals surface area contributed by atoms with Gasteiger partial charge in [-0.1, -0.05) is 38.1 Å². The largest absolute Gasteiger partial charge is 0.297 e. The highest BCUT2D eigenvalue weighted by molar-refractivity contribution is 6.17. The fraction of sp³-hybridized carbons (Fsp3) is 0.625. The molecule has 102 valence electrons. The number of rotatable bonds is 7. The molecule has 0 atom stereocenters. The Balaban J connectivity index is 2.63. The lowest BCUT2D eigenvalue weighted by molar-refractivity contribution is 0.214. The monoisotopic (exact) mass is 267 g/mol. The van der Waals surface area contributed by atoms with Gasteiger partial charge in [0.2, 0.25) is 0 Å². The maximum atomic E-state index is 5.78. The second-order valence-electron chi connectivity index (χ2n) is 5.50. The van der Waals surface area contributed by atoms with Crippen molar-refractivity contribution in [1.82, 2.24) is 4.90 Å². The van der Waals surface area contributed by atoms with Gasteiger partial charge >= 0.3 is 0 Å². The van der Waals surface area contributed by atoms with Crippen molar-refractivity contribution in [2.75, 3.05) is 12.4 Å². The van der Waals surface area contributed by atoms with Crippen LogP contribution in [0.3, 0.4) is 0 Å². The summed E-state index contributed by atoms with van der Waals surface area (Å²) >= 11 is 5.78. The van der Waals surface area contributed by atoms with Gasteiger partial charge < -0.3 is 0 Å². The van der Waals surface area contributed by atoms with Gasteiger partial charge in [0.05, 0.1) is 0 Å². The van der Waals surface area contributed by atoms with E-state index in [0.717, 1.165) is 25.4 Å². The number of hydrogen-bond acceptors (Lipinski definition) is 1. The summed E-state index contributed by atoms with van der Waals surface area (Å²) in [6, 6.07) is 9.58. The molecule has 0 N–H and O–H groups in total. The van der Waals surface area contributed by atoms with E-state index in [4.69, 9.17) is 11.6 Å². The zero-order valence-electron chi connectivity index (χ0n) is 12.1. The number of benzene rings is 1.